The number of hydrogen-bond donors (Lipinski definition) is 2. The van der Waals surface area contributed by atoms with Gasteiger partial charge >= 0.3 is 0 Å². The number of amides is 1. The number of carbonyl (C=O) groups is 1. The predicted octanol–water partition coefficient (Wildman–Crippen LogP) is 1.80. The lowest BCUT2D eigenvalue weighted by Crippen LogP contribution is -2.29. The predicted molar refractivity (Wildman–Crippen MR) is 70.7 cm³/mol. The third kappa shape index (κ3) is 3.74. The van der Waals surface area contributed by atoms with E-state index in [-0.39, 0.29) is 11.7 Å². The van der Waals surface area contributed by atoms with Crippen LogP contribution < -0.4 is 0 Å². The van der Waals surface area contributed by atoms with Crippen molar-refractivity contribution in [1.82, 2.24) is 4.90 Å². The lowest BCUT2D eigenvalue weighted by molar-refractivity contribution is 0.0766. The Labute approximate surface area is 108 Å². The number of hydrogen-bond acceptors (Lipinski definition) is 3. The number of phenolic OH excluding ortho intramolecular Hbond substituents is 1. The van der Waals surface area contributed by atoms with Crippen LogP contribution in [0.3, 0.4) is 0 Å². The molecule has 0 saturated heterocycles. The molecule has 0 heterocycles. The Morgan fingerprint density at radius 3 is 2.67 bits per heavy atom. The van der Waals surface area contributed by atoms with Crippen molar-refractivity contribution in [2.45, 2.75) is 32.8 Å². The smallest absolute Gasteiger partial charge is 0.257 e. The summed E-state index contributed by atoms with van der Waals surface area (Å²) in [5.41, 5.74) is 1.34. The largest absolute Gasteiger partial charge is 0.507 e. The molecule has 0 aromatic heterocycles. The first-order valence-corrected chi connectivity index (χ1v) is 6.21. The molecule has 4 nitrogen and oxygen atoms in total. The molecular formula is C14H21NO3. The summed E-state index contributed by atoms with van der Waals surface area (Å²) >= 11 is 0. The first-order chi connectivity index (χ1) is 8.45. The fourth-order valence-electron chi connectivity index (χ4n) is 1.66. The summed E-state index contributed by atoms with van der Waals surface area (Å²) < 4.78 is 0. The van der Waals surface area contributed by atoms with E-state index in [1.165, 1.54) is 4.90 Å². The van der Waals surface area contributed by atoms with Gasteiger partial charge in [0.25, 0.3) is 5.91 Å². The van der Waals surface area contributed by atoms with E-state index in [2.05, 4.69) is 0 Å². The Bertz CT molecular complexity index is 416. The van der Waals surface area contributed by atoms with E-state index < -0.39 is 6.10 Å². The van der Waals surface area contributed by atoms with E-state index in [4.69, 9.17) is 0 Å². The second-order valence-corrected chi connectivity index (χ2v) is 4.57. The van der Waals surface area contributed by atoms with Crippen LogP contribution >= 0.6 is 0 Å². The average molecular weight is 251 g/mol. The van der Waals surface area contributed by atoms with Gasteiger partial charge in [-0.25, -0.2) is 0 Å². The van der Waals surface area contributed by atoms with Crippen molar-refractivity contribution in [3.8, 4) is 5.75 Å². The van der Waals surface area contributed by atoms with Crippen LogP contribution in [0, 0.1) is 0 Å². The summed E-state index contributed by atoms with van der Waals surface area (Å²) in [4.78, 5) is 13.6. The monoisotopic (exact) mass is 251 g/mol. The number of carbonyl (C=O) groups excluding carboxylic acids is 1. The third-order valence-electron chi connectivity index (χ3n) is 2.93. The highest BCUT2D eigenvalue weighted by Gasteiger charge is 2.16. The average Bonchev–Trinajstić information content (AvgIpc) is 2.35. The number of aliphatic hydroxyl groups is 1. The van der Waals surface area contributed by atoms with Gasteiger partial charge in [-0.05, 0) is 37.5 Å². The van der Waals surface area contributed by atoms with Crippen molar-refractivity contribution >= 4 is 5.91 Å². The lowest BCUT2D eigenvalue weighted by Gasteiger charge is -2.19. The zero-order valence-corrected chi connectivity index (χ0v) is 11.2. The third-order valence-corrected chi connectivity index (χ3v) is 2.93. The summed E-state index contributed by atoms with van der Waals surface area (Å²) in [5.74, 6) is -0.218. The molecule has 1 rings (SSSR count). The molecule has 0 aliphatic heterocycles. The summed E-state index contributed by atoms with van der Waals surface area (Å²) in [6, 6.07) is 5.08. The molecule has 0 radical (unpaired) electrons. The van der Waals surface area contributed by atoms with Crippen molar-refractivity contribution in [3.05, 3.63) is 29.3 Å². The van der Waals surface area contributed by atoms with Gasteiger partial charge in [-0.3, -0.25) is 4.79 Å². The van der Waals surface area contributed by atoms with E-state index in [0.717, 1.165) is 12.0 Å². The summed E-state index contributed by atoms with van der Waals surface area (Å²) in [6.07, 6.45) is 0.907. The summed E-state index contributed by atoms with van der Waals surface area (Å²) in [7, 11) is 1.67. The van der Waals surface area contributed by atoms with E-state index in [9.17, 15) is 15.0 Å². The number of aryl methyl sites for hydroxylation is 1. The SMILES string of the molecule is CCc1ccc(O)c(C(=O)N(C)CCC(C)O)c1. The molecule has 0 spiro atoms. The van der Waals surface area contributed by atoms with Crippen LogP contribution in [0.5, 0.6) is 5.75 Å². The molecule has 1 aromatic carbocycles. The minimum absolute atomic E-state index is 0.00102. The molecule has 0 bridgehead atoms. The second kappa shape index (κ2) is 6.40. The maximum absolute atomic E-state index is 12.1. The van der Waals surface area contributed by atoms with Gasteiger partial charge in [-0.2, -0.15) is 0 Å². The van der Waals surface area contributed by atoms with Crippen LogP contribution in [0.15, 0.2) is 18.2 Å². The number of aliphatic hydroxyl groups excluding tert-OH is 1. The van der Waals surface area contributed by atoms with Gasteiger partial charge in [0.05, 0.1) is 11.7 Å². The molecule has 0 saturated carbocycles. The molecule has 1 amide bonds. The molecule has 0 aliphatic carbocycles. The maximum atomic E-state index is 12.1. The number of benzene rings is 1. The zero-order chi connectivity index (χ0) is 13.7. The molecule has 1 aromatic rings. The van der Waals surface area contributed by atoms with Crippen LogP contribution in [-0.2, 0) is 6.42 Å². The van der Waals surface area contributed by atoms with Gasteiger partial charge in [0, 0.05) is 13.6 Å². The summed E-state index contributed by atoms with van der Waals surface area (Å²) in [6.45, 7) is 4.15. The van der Waals surface area contributed by atoms with E-state index >= 15 is 0 Å². The molecule has 100 valence electrons. The lowest BCUT2D eigenvalue weighted by atomic mass is 10.1. The van der Waals surface area contributed by atoms with Crippen LogP contribution in [0.2, 0.25) is 0 Å². The Morgan fingerprint density at radius 1 is 1.44 bits per heavy atom. The molecule has 2 N–H and O–H groups in total. The highest BCUT2D eigenvalue weighted by atomic mass is 16.3. The fraction of sp³-hybridized carbons (Fsp3) is 0.500. The highest BCUT2D eigenvalue weighted by molar-refractivity contribution is 5.96. The molecule has 1 atom stereocenters. The molecule has 18 heavy (non-hydrogen) atoms. The molecular weight excluding hydrogens is 230 g/mol. The van der Waals surface area contributed by atoms with Gasteiger partial charge < -0.3 is 15.1 Å². The summed E-state index contributed by atoms with van der Waals surface area (Å²) in [5, 5.41) is 18.9. The second-order valence-electron chi connectivity index (χ2n) is 4.57. The molecule has 1 unspecified atom stereocenters. The van der Waals surface area contributed by atoms with Crippen molar-refractivity contribution in [2.24, 2.45) is 0 Å². The topological polar surface area (TPSA) is 60.8 Å². The normalized spacial score (nSPS) is 12.2. The molecule has 4 heteroatoms. The Balaban J connectivity index is 2.82. The Kier molecular flexibility index (Phi) is 5.16. The minimum atomic E-state index is -0.434. The standard InChI is InChI=1S/C14H21NO3/c1-4-11-5-6-13(17)12(9-11)14(18)15(3)8-7-10(2)16/h5-6,9-10,16-17H,4,7-8H2,1-3H3. The van der Waals surface area contributed by atoms with Crippen molar-refractivity contribution in [2.75, 3.05) is 13.6 Å². The quantitative estimate of drug-likeness (QED) is 0.839. The van der Waals surface area contributed by atoms with Gasteiger partial charge in [-0.1, -0.05) is 13.0 Å². The number of rotatable bonds is 5. The van der Waals surface area contributed by atoms with Gasteiger partial charge in [-0.15, -0.1) is 0 Å². The Hall–Kier alpha value is -1.55. The Morgan fingerprint density at radius 2 is 2.11 bits per heavy atom. The van der Waals surface area contributed by atoms with Crippen LogP contribution in [0.1, 0.15) is 36.2 Å². The van der Waals surface area contributed by atoms with Crippen molar-refractivity contribution in [1.29, 1.82) is 0 Å². The van der Waals surface area contributed by atoms with E-state index in [1.807, 2.05) is 13.0 Å². The zero-order valence-electron chi connectivity index (χ0n) is 11.2. The molecule has 0 fully saturated rings. The van der Waals surface area contributed by atoms with E-state index in [1.54, 1.807) is 26.1 Å². The van der Waals surface area contributed by atoms with Gasteiger partial charge in [0.15, 0.2) is 0 Å². The number of aromatic hydroxyl groups is 1. The van der Waals surface area contributed by atoms with Crippen molar-refractivity contribution in [3.63, 3.8) is 0 Å². The van der Waals surface area contributed by atoms with Gasteiger partial charge in [0.1, 0.15) is 5.75 Å². The highest BCUT2D eigenvalue weighted by Crippen LogP contribution is 2.20. The van der Waals surface area contributed by atoms with Crippen LogP contribution in [-0.4, -0.2) is 40.7 Å². The molecule has 0 aliphatic rings. The van der Waals surface area contributed by atoms with E-state index in [0.29, 0.717) is 18.5 Å². The van der Waals surface area contributed by atoms with Crippen LogP contribution in [0.4, 0.5) is 0 Å². The number of phenols is 1. The maximum Gasteiger partial charge on any atom is 0.257 e. The fourth-order valence-corrected chi connectivity index (χ4v) is 1.66. The van der Waals surface area contributed by atoms with Gasteiger partial charge in [0.2, 0.25) is 0 Å². The first kappa shape index (κ1) is 14.5. The first-order valence-electron chi connectivity index (χ1n) is 6.21. The van der Waals surface area contributed by atoms with Crippen LogP contribution in [0.25, 0.3) is 0 Å². The minimum Gasteiger partial charge on any atom is -0.507 e. The number of nitrogens with zero attached hydrogens (tertiary/aromatic N) is 1. The van der Waals surface area contributed by atoms with Crippen molar-refractivity contribution < 1.29 is 15.0 Å².